The first-order valence-electron chi connectivity index (χ1n) is 10.1. The highest BCUT2D eigenvalue weighted by Crippen LogP contribution is 2.36. The molecule has 3 rings (SSSR count). The molecule has 1 heterocycles. The van der Waals surface area contributed by atoms with Crippen LogP contribution < -0.4 is 10.6 Å². The van der Waals surface area contributed by atoms with Gasteiger partial charge in [0.25, 0.3) is 5.91 Å². The fourth-order valence-corrected chi connectivity index (χ4v) is 3.66. The van der Waals surface area contributed by atoms with Gasteiger partial charge < -0.3 is 20.3 Å². The Morgan fingerprint density at radius 1 is 1.10 bits per heavy atom. The molecular weight excluding hydrogens is 386 g/mol. The Morgan fingerprint density at radius 3 is 2.27 bits per heavy atom. The number of benzene rings is 1. The first kappa shape index (κ1) is 21.5. The minimum Gasteiger partial charge on any atom is -0.480 e. The van der Waals surface area contributed by atoms with E-state index in [0.717, 1.165) is 31.2 Å². The lowest BCUT2D eigenvalue weighted by Gasteiger charge is -2.30. The van der Waals surface area contributed by atoms with Gasteiger partial charge in [-0.1, -0.05) is 17.3 Å². The molecule has 0 saturated heterocycles. The number of aromatic nitrogens is 1. The Morgan fingerprint density at radius 2 is 1.73 bits per heavy atom. The van der Waals surface area contributed by atoms with E-state index in [1.54, 1.807) is 13.0 Å². The van der Waals surface area contributed by atoms with Crippen molar-refractivity contribution in [1.82, 2.24) is 10.5 Å². The predicted octanol–water partition coefficient (Wildman–Crippen LogP) is 3.49. The number of nitrogens with one attached hydrogen (secondary N) is 2. The van der Waals surface area contributed by atoms with Crippen molar-refractivity contribution in [1.29, 1.82) is 0 Å². The highest BCUT2D eigenvalue weighted by atomic mass is 16.5. The van der Waals surface area contributed by atoms with Crippen molar-refractivity contribution in [3.63, 3.8) is 0 Å². The van der Waals surface area contributed by atoms with E-state index in [4.69, 9.17) is 4.52 Å². The molecule has 160 valence electrons. The molecule has 0 bridgehead atoms. The van der Waals surface area contributed by atoms with E-state index in [-0.39, 0.29) is 23.4 Å². The summed E-state index contributed by atoms with van der Waals surface area (Å²) in [7, 11) is 0. The molecule has 8 heteroatoms. The van der Waals surface area contributed by atoms with Gasteiger partial charge in [0.1, 0.15) is 11.3 Å². The zero-order valence-corrected chi connectivity index (χ0v) is 17.4. The SMILES string of the molecule is Cc1cc(C(=O)Nc2ccc(C3CCC(C(=O)NC(C)(C)C(=O)O)CC3)cc2)no1. The Labute approximate surface area is 175 Å². The van der Waals surface area contributed by atoms with Gasteiger partial charge in [-0.25, -0.2) is 4.79 Å². The van der Waals surface area contributed by atoms with Crippen molar-refractivity contribution in [3.05, 3.63) is 47.3 Å². The lowest BCUT2D eigenvalue weighted by Crippen LogP contribution is -2.51. The Hall–Kier alpha value is -3.16. The van der Waals surface area contributed by atoms with Crippen LogP contribution in [0.4, 0.5) is 5.69 Å². The molecule has 30 heavy (non-hydrogen) atoms. The summed E-state index contributed by atoms with van der Waals surface area (Å²) in [6.45, 7) is 4.70. The molecule has 0 unspecified atom stereocenters. The number of aliphatic carboxylic acids is 1. The fraction of sp³-hybridized carbons (Fsp3) is 0.455. The number of carbonyl (C=O) groups is 3. The summed E-state index contributed by atoms with van der Waals surface area (Å²) < 4.78 is 4.92. The molecule has 1 aliphatic rings. The molecule has 2 amide bonds. The Bertz CT molecular complexity index is 925. The third kappa shape index (κ3) is 5.06. The lowest BCUT2D eigenvalue weighted by atomic mass is 9.78. The number of carboxylic acid groups (broad SMARTS) is 1. The molecule has 1 saturated carbocycles. The molecule has 0 atom stereocenters. The molecule has 2 aromatic rings. The Kier molecular flexibility index (Phi) is 6.24. The maximum atomic E-state index is 12.4. The summed E-state index contributed by atoms with van der Waals surface area (Å²) in [6, 6.07) is 9.27. The second-order valence-corrected chi connectivity index (χ2v) is 8.37. The van der Waals surface area contributed by atoms with Crippen LogP contribution in [0.3, 0.4) is 0 Å². The summed E-state index contributed by atoms with van der Waals surface area (Å²) in [5.74, 6) is -0.812. The third-order valence-electron chi connectivity index (χ3n) is 5.57. The summed E-state index contributed by atoms with van der Waals surface area (Å²) in [5.41, 5.74) is 0.807. The van der Waals surface area contributed by atoms with Crippen LogP contribution >= 0.6 is 0 Å². The van der Waals surface area contributed by atoms with E-state index in [0.29, 0.717) is 17.4 Å². The fourth-order valence-electron chi connectivity index (χ4n) is 3.66. The molecule has 3 N–H and O–H groups in total. The number of rotatable bonds is 6. The Balaban J connectivity index is 1.53. The quantitative estimate of drug-likeness (QED) is 0.666. The van der Waals surface area contributed by atoms with Gasteiger partial charge in [-0.05, 0) is 70.1 Å². The zero-order valence-electron chi connectivity index (χ0n) is 17.4. The van der Waals surface area contributed by atoms with Crippen molar-refractivity contribution in [3.8, 4) is 0 Å². The molecule has 8 nitrogen and oxygen atoms in total. The number of hydrogen-bond donors (Lipinski definition) is 3. The number of amides is 2. The van der Waals surface area contributed by atoms with E-state index in [1.165, 1.54) is 13.8 Å². The third-order valence-corrected chi connectivity index (χ3v) is 5.57. The normalized spacial score (nSPS) is 19.2. The second kappa shape index (κ2) is 8.69. The average Bonchev–Trinajstić information content (AvgIpc) is 3.15. The van der Waals surface area contributed by atoms with E-state index >= 15 is 0 Å². The van der Waals surface area contributed by atoms with Gasteiger partial charge in [-0.15, -0.1) is 0 Å². The number of carboxylic acids is 1. The summed E-state index contributed by atoms with van der Waals surface area (Å²) in [6.07, 6.45) is 3.15. The minimum absolute atomic E-state index is 0.163. The topological polar surface area (TPSA) is 122 Å². The first-order chi connectivity index (χ1) is 14.2. The lowest BCUT2D eigenvalue weighted by molar-refractivity contribution is -0.146. The van der Waals surface area contributed by atoms with E-state index < -0.39 is 11.5 Å². The van der Waals surface area contributed by atoms with Crippen LogP contribution in [-0.2, 0) is 9.59 Å². The zero-order chi connectivity index (χ0) is 21.9. The van der Waals surface area contributed by atoms with E-state index in [1.807, 2.05) is 24.3 Å². The molecule has 1 aliphatic carbocycles. The number of carbonyl (C=O) groups excluding carboxylic acids is 2. The van der Waals surface area contributed by atoms with Crippen LogP contribution in [0, 0.1) is 12.8 Å². The molecule has 0 spiro atoms. The van der Waals surface area contributed by atoms with E-state index in [2.05, 4.69) is 15.8 Å². The summed E-state index contributed by atoms with van der Waals surface area (Å²) in [4.78, 5) is 35.8. The molecule has 0 radical (unpaired) electrons. The predicted molar refractivity (Wildman–Crippen MR) is 110 cm³/mol. The van der Waals surface area contributed by atoms with Crippen LogP contribution in [0.15, 0.2) is 34.9 Å². The van der Waals surface area contributed by atoms with Crippen molar-refractivity contribution >= 4 is 23.5 Å². The monoisotopic (exact) mass is 413 g/mol. The molecule has 1 aromatic heterocycles. The minimum atomic E-state index is -1.27. The first-order valence-corrected chi connectivity index (χ1v) is 10.1. The van der Waals surface area contributed by atoms with Gasteiger partial charge in [0.15, 0.2) is 5.69 Å². The maximum absolute atomic E-state index is 12.4. The molecule has 1 fully saturated rings. The van der Waals surface area contributed by atoms with Crippen molar-refractivity contribution in [2.75, 3.05) is 5.32 Å². The number of nitrogens with zero attached hydrogens (tertiary/aromatic N) is 1. The van der Waals surface area contributed by atoms with Gasteiger partial charge in [-0.2, -0.15) is 0 Å². The average molecular weight is 413 g/mol. The van der Waals surface area contributed by atoms with Gasteiger partial charge in [0, 0.05) is 17.7 Å². The van der Waals surface area contributed by atoms with Crippen LogP contribution in [0.1, 0.15) is 67.3 Å². The molecular formula is C22H27N3O5. The van der Waals surface area contributed by atoms with Crippen LogP contribution in [0.2, 0.25) is 0 Å². The van der Waals surface area contributed by atoms with Crippen LogP contribution in [0.5, 0.6) is 0 Å². The smallest absolute Gasteiger partial charge is 0.328 e. The highest BCUT2D eigenvalue weighted by molar-refractivity contribution is 6.02. The molecule has 1 aromatic carbocycles. The van der Waals surface area contributed by atoms with Gasteiger partial charge in [0.2, 0.25) is 5.91 Å². The van der Waals surface area contributed by atoms with E-state index in [9.17, 15) is 19.5 Å². The van der Waals surface area contributed by atoms with Gasteiger partial charge >= 0.3 is 5.97 Å². The summed E-state index contributed by atoms with van der Waals surface area (Å²) in [5, 5.41) is 18.3. The van der Waals surface area contributed by atoms with Crippen molar-refractivity contribution in [2.24, 2.45) is 5.92 Å². The van der Waals surface area contributed by atoms with Crippen LogP contribution in [0.25, 0.3) is 0 Å². The van der Waals surface area contributed by atoms with Gasteiger partial charge in [-0.3, -0.25) is 9.59 Å². The maximum Gasteiger partial charge on any atom is 0.328 e. The standard InChI is InChI=1S/C22H27N3O5/c1-13-12-18(25-30-13)20(27)23-17-10-8-15(9-11-17)14-4-6-16(7-5-14)19(26)24-22(2,3)21(28)29/h8-12,14,16H,4-7H2,1-3H3,(H,23,27)(H,24,26)(H,28,29). The number of anilines is 1. The van der Waals surface area contributed by atoms with Gasteiger partial charge in [0.05, 0.1) is 0 Å². The van der Waals surface area contributed by atoms with Crippen molar-refractivity contribution < 1.29 is 24.0 Å². The molecule has 0 aliphatic heterocycles. The number of hydrogen-bond acceptors (Lipinski definition) is 5. The largest absolute Gasteiger partial charge is 0.480 e. The van der Waals surface area contributed by atoms with Crippen LogP contribution in [-0.4, -0.2) is 33.6 Å². The second-order valence-electron chi connectivity index (χ2n) is 8.37. The number of aryl methyl sites for hydroxylation is 1. The summed E-state index contributed by atoms with van der Waals surface area (Å²) >= 11 is 0. The highest BCUT2D eigenvalue weighted by Gasteiger charge is 2.33. The van der Waals surface area contributed by atoms with Crippen molar-refractivity contribution in [2.45, 2.75) is 57.9 Å².